The monoisotopic (exact) mass is 632 g/mol. The van der Waals surface area contributed by atoms with Gasteiger partial charge in [-0.25, -0.2) is 14.4 Å². The Balaban J connectivity index is 1.29. The van der Waals surface area contributed by atoms with Gasteiger partial charge in [0.25, 0.3) is 17.7 Å². The zero-order chi connectivity index (χ0) is 33.0. The maximum atomic E-state index is 14.4. The van der Waals surface area contributed by atoms with Crippen LogP contribution in [0.4, 0.5) is 14.4 Å². The van der Waals surface area contributed by atoms with Gasteiger partial charge in [-0.3, -0.25) is 29.1 Å². The molecular weight excluding hydrogens is 588 g/mol. The number of carbonyl (C=O) groups is 6. The summed E-state index contributed by atoms with van der Waals surface area (Å²) in [4.78, 5) is 89.5. The van der Waals surface area contributed by atoms with E-state index >= 15 is 0 Å². The van der Waals surface area contributed by atoms with E-state index in [1.54, 1.807) is 48.5 Å². The SMILES string of the molecule is CC(C)(C)N1C(=O)N(CC(C)(C)N2C(=O)N(CC(C)(C)N3C(=O)NC4(CCOCC4)C3=O)C3(CCOC3)C2=O)C2(COC2)C1=O. The Labute approximate surface area is 262 Å². The van der Waals surface area contributed by atoms with Gasteiger partial charge in [-0.1, -0.05) is 0 Å². The minimum absolute atomic E-state index is 0.0275. The molecule has 6 aliphatic heterocycles. The molecule has 248 valence electrons. The van der Waals surface area contributed by atoms with Gasteiger partial charge in [-0.15, -0.1) is 0 Å². The molecule has 6 aliphatic rings. The summed E-state index contributed by atoms with van der Waals surface area (Å²) >= 11 is 0. The number of hydrogen-bond acceptors (Lipinski definition) is 9. The molecule has 0 aromatic heterocycles. The Morgan fingerprint density at radius 1 is 0.600 bits per heavy atom. The number of hydrogen-bond donors (Lipinski definition) is 1. The van der Waals surface area contributed by atoms with Gasteiger partial charge in [0.05, 0.1) is 30.9 Å². The van der Waals surface area contributed by atoms with Crippen LogP contribution >= 0.6 is 0 Å². The summed E-state index contributed by atoms with van der Waals surface area (Å²) in [6, 6.07) is -1.66. The van der Waals surface area contributed by atoms with Crippen molar-refractivity contribution in [1.29, 1.82) is 0 Å². The van der Waals surface area contributed by atoms with Crippen LogP contribution in [0, 0.1) is 0 Å². The number of amides is 9. The van der Waals surface area contributed by atoms with Gasteiger partial charge in [0.15, 0.2) is 5.54 Å². The lowest BCUT2D eigenvalue weighted by Gasteiger charge is -2.46. The first-order valence-electron chi connectivity index (χ1n) is 15.6. The molecule has 0 bridgehead atoms. The smallest absolute Gasteiger partial charge is 0.328 e. The lowest BCUT2D eigenvalue weighted by Crippen LogP contribution is -2.67. The van der Waals surface area contributed by atoms with Crippen LogP contribution in [0.15, 0.2) is 0 Å². The average Bonchev–Trinajstić information content (AvgIpc) is 3.59. The largest absolute Gasteiger partial charge is 0.381 e. The van der Waals surface area contributed by atoms with E-state index in [1.807, 2.05) is 0 Å². The van der Waals surface area contributed by atoms with Crippen LogP contribution in [0.2, 0.25) is 0 Å². The number of imide groups is 3. The molecule has 6 rings (SSSR count). The fourth-order valence-corrected chi connectivity index (χ4v) is 7.65. The highest BCUT2D eigenvalue weighted by atomic mass is 16.5. The lowest BCUT2D eigenvalue weighted by atomic mass is 9.88. The maximum Gasteiger partial charge on any atom is 0.328 e. The second-order valence-electron chi connectivity index (χ2n) is 15.4. The minimum atomic E-state index is -1.35. The van der Waals surface area contributed by atoms with Crippen LogP contribution in [0.1, 0.15) is 67.7 Å². The summed E-state index contributed by atoms with van der Waals surface area (Å²) in [6.45, 7) is 12.8. The van der Waals surface area contributed by atoms with E-state index < -0.39 is 57.2 Å². The molecule has 45 heavy (non-hydrogen) atoms. The number of nitrogens with one attached hydrogen (secondary N) is 1. The molecule has 0 aromatic rings. The van der Waals surface area contributed by atoms with Gasteiger partial charge >= 0.3 is 18.1 Å². The van der Waals surface area contributed by atoms with E-state index in [1.165, 1.54) is 19.6 Å². The summed E-state index contributed by atoms with van der Waals surface area (Å²) in [5.74, 6) is -1.21. The fourth-order valence-electron chi connectivity index (χ4n) is 7.65. The van der Waals surface area contributed by atoms with Crippen LogP contribution in [0.3, 0.4) is 0 Å². The van der Waals surface area contributed by atoms with Gasteiger partial charge < -0.3 is 29.3 Å². The molecule has 6 heterocycles. The third kappa shape index (κ3) is 4.33. The van der Waals surface area contributed by atoms with Crippen molar-refractivity contribution >= 4 is 35.8 Å². The molecule has 1 atom stereocenters. The number of ether oxygens (including phenoxy) is 3. The lowest BCUT2D eigenvalue weighted by molar-refractivity contribution is -0.162. The van der Waals surface area contributed by atoms with Crippen molar-refractivity contribution in [3.05, 3.63) is 0 Å². The first kappa shape index (κ1) is 31.7. The van der Waals surface area contributed by atoms with Crippen LogP contribution < -0.4 is 5.32 Å². The van der Waals surface area contributed by atoms with Crippen LogP contribution in [-0.4, -0.2) is 146 Å². The molecule has 15 heteroatoms. The van der Waals surface area contributed by atoms with Gasteiger partial charge in [-0.2, -0.15) is 0 Å². The van der Waals surface area contributed by atoms with Crippen molar-refractivity contribution in [3.63, 3.8) is 0 Å². The van der Waals surface area contributed by atoms with E-state index in [9.17, 15) is 28.8 Å². The van der Waals surface area contributed by atoms with E-state index in [0.717, 1.165) is 4.90 Å². The highest BCUT2D eigenvalue weighted by Crippen LogP contribution is 2.44. The molecule has 1 unspecified atom stereocenters. The second kappa shape index (κ2) is 9.85. The second-order valence-corrected chi connectivity index (χ2v) is 15.4. The zero-order valence-electron chi connectivity index (χ0n) is 27.2. The van der Waals surface area contributed by atoms with Crippen molar-refractivity contribution in [2.45, 2.75) is 101 Å². The zero-order valence-corrected chi connectivity index (χ0v) is 27.2. The highest BCUT2D eigenvalue weighted by molar-refractivity contribution is 6.10. The average molecular weight is 633 g/mol. The third-order valence-corrected chi connectivity index (χ3v) is 10.2. The predicted octanol–water partition coefficient (Wildman–Crippen LogP) is 0.900. The topological polar surface area (TPSA) is 158 Å². The van der Waals surface area contributed by atoms with Crippen LogP contribution in [0.5, 0.6) is 0 Å². The van der Waals surface area contributed by atoms with Gasteiger partial charge in [0, 0.05) is 57.7 Å². The van der Waals surface area contributed by atoms with Crippen molar-refractivity contribution in [3.8, 4) is 0 Å². The Kier molecular flexibility index (Phi) is 6.93. The number of rotatable bonds is 6. The molecule has 0 saturated carbocycles. The van der Waals surface area contributed by atoms with Crippen molar-refractivity contribution in [2.75, 3.05) is 52.7 Å². The highest BCUT2D eigenvalue weighted by Gasteiger charge is 2.68. The van der Waals surface area contributed by atoms with Gasteiger partial charge in [0.2, 0.25) is 0 Å². The standard InChI is InChI=1S/C30H44N6O9/c1-25(2,3)35-21(39)30(17-45-18-30)33(23(35)41)15-27(6,7)36-20(38)29(10-13-44-16-29)32(24(36)42)14-26(4,5)34-19(37)28(31-22(34)40)8-11-43-12-9-28/h8-18H2,1-7H3,(H,31,40). The van der Waals surface area contributed by atoms with Crippen molar-refractivity contribution in [1.82, 2.24) is 29.8 Å². The first-order valence-corrected chi connectivity index (χ1v) is 15.6. The number of urea groups is 3. The first-order chi connectivity index (χ1) is 20.8. The number of carbonyl (C=O) groups excluding carboxylic acids is 6. The van der Waals surface area contributed by atoms with E-state index in [-0.39, 0.29) is 57.8 Å². The molecule has 6 fully saturated rings. The molecule has 0 radical (unpaired) electrons. The Bertz CT molecular complexity index is 1350. The number of nitrogens with zero attached hydrogens (tertiary/aromatic N) is 5. The molecule has 1 N–H and O–H groups in total. The summed E-state index contributed by atoms with van der Waals surface area (Å²) in [7, 11) is 0. The summed E-state index contributed by atoms with van der Waals surface area (Å²) in [6.07, 6.45) is 0.933. The normalized spacial score (nSPS) is 28.6. The molecule has 9 amide bonds. The predicted molar refractivity (Wildman–Crippen MR) is 156 cm³/mol. The van der Waals surface area contributed by atoms with E-state index in [2.05, 4.69) is 5.32 Å². The Morgan fingerprint density at radius 2 is 1.09 bits per heavy atom. The summed E-state index contributed by atoms with van der Waals surface area (Å²) < 4.78 is 16.5. The molecule has 15 nitrogen and oxygen atoms in total. The van der Waals surface area contributed by atoms with Crippen LogP contribution in [0.25, 0.3) is 0 Å². The molecule has 0 aromatic carbocycles. The van der Waals surface area contributed by atoms with E-state index in [4.69, 9.17) is 14.2 Å². The van der Waals surface area contributed by atoms with Gasteiger partial charge in [0.1, 0.15) is 11.1 Å². The fraction of sp³-hybridized carbons (Fsp3) is 0.800. The summed E-state index contributed by atoms with van der Waals surface area (Å²) in [5, 5.41) is 2.87. The third-order valence-electron chi connectivity index (χ3n) is 10.2. The van der Waals surface area contributed by atoms with Gasteiger partial charge in [-0.05, 0) is 48.5 Å². The van der Waals surface area contributed by atoms with Crippen LogP contribution in [-0.2, 0) is 28.6 Å². The Hall–Kier alpha value is -3.30. The maximum absolute atomic E-state index is 14.4. The molecule has 6 saturated heterocycles. The molecule has 0 aliphatic carbocycles. The van der Waals surface area contributed by atoms with E-state index in [0.29, 0.717) is 26.1 Å². The Morgan fingerprint density at radius 3 is 1.60 bits per heavy atom. The van der Waals surface area contributed by atoms with Crippen molar-refractivity contribution in [2.24, 2.45) is 0 Å². The molecular formula is C30H44N6O9. The van der Waals surface area contributed by atoms with Crippen molar-refractivity contribution < 1.29 is 43.0 Å². The quantitative estimate of drug-likeness (QED) is 0.420. The summed E-state index contributed by atoms with van der Waals surface area (Å²) in [5.41, 5.74) is -6.82. The minimum Gasteiger partial charge on any atom is -0.381 e. The molecule has 3 spiro atoms.